The first-order valence-corrected chi connectivity index (χ1v) is 5.81. The van der Waals surface area contributed by atoms with E-state index in [0.29, 0.717) is 0 Å². The first kappa shape index (κ1) is 9.85. The Morgan fingerprint density at radius 3 is 2.81 bits per heavy atom. The van der Waals surface area contributed by atoms with Crippen LogP contribution in [-0.2, 0) is 12.5 Å². The van der Waals surface area contributed by atoms with Gasteiger partial charge in [-0.15, -0.1) is 0 Å². The predicted octanol–water partition coefficient (Wildman–Crippen LogP) is 1.95. The summed E-state index contributed by atoms with van der Waals surface area (Å²) >= 11 is 0. The van der Waals surface area contributed by atoms with Gasteiger partial charge in [0.05, 0.1) is 11.7 Å². The minimum atomic E-state index is 0.234. The summed E-state index contributed by atoms with van der Waals surface area (Å²) in [6, 6.07) is 6.84. The molecule has 16 heavy (non-hydrogen) atoms. The zero-order valence-corrected chi connectivity index (χ0v) is 9.77. The molecule has 1 atom stereocenters. The highest BCUT2D eigenvalue weighted by molar-refractivity contribution is 5.79. The smallest absolute Gasteiger partial charge is 0.0682 e. The fourth-order valence-electron chi connectivity index (χ4n) is 2.60. The molecular formula is C13H17N3. The number of rotatable bonds is 2. The third-order valence-corrected chi connectivity index (χ3v) is 3.98. The van der Waals surface area contributed by atoms with E-state index in [1.807, 2.05) is 17.9 Å². The summed E-state index contributed by atoms with van der Waals surface area (Å²) in [5.41, 5.74) is 8.91. The molecule has 0 aliphatic heterocycles. The zero-order chi connectivity index (χ0) is 11.3. The normalized spacial score (nSPS) is 19.9. The lowest BCUT2D eigenvalue weighted by atomic mass is 9.89. The van der Waals surface area contributed by atoms with E-state index in [4.69, 9.17) is 5.73 Å². The van der Waals surface area contributed by atoms with Crippen LogP contribution in [0.25, 0.3) is 10.9 Å². The topological polar surface area (TPSA) is 43.8 Å². The van der Waals surface area contributed by atoms with Gasteiger partial charge in [0, 0.05) is 23.9 Å². The molecule has 3 rings (SSSR count). The van der Waals surface area contributed by atoms with Crippen molar-refractivity contribution >= 4 is 10.9 Å². The van der Waals surface area contributed by atoms with E-state index in [2.05, 4.69) is 30.2 Å². The van der Waals surface area contributed by atoms with Crippen LogP contribution in [0.3, 0.4) is 0 Å². The van der Waals surface area contributed by atoms with Crippen LogP contribution >= 0.6 is 0 Å². The maximum atomic E-state index is 6.10. The Labute approximate surface area is 95.2 Å². The second-order valence-corrected chi connectivity index (χ2v) is 4.99. The molecule has 1 fully saturated rings. The SMILES string of the molecule is CC(N)C1(c2ccc3cnn(C)c3c2)CC1. The summed E-state index contributed by atoms with van der Waals surface area (Å²) in [6.07, 6.45) is 4.34. The van der Waals surface area contributed by atoms with E-state index in [-0.39, 0.29) is 11.5 Å². The highest BCUT2D eigenvalue weighted by atomic mass is 15.2. The van der Waals surface area contributed by atoms with Gasteiger partial charge in [0.25, 0.3) is 0 Å². The van der Waals surface area contributed by atoms with Gasteiger partial charge in [-0.25, -0.2) is 0 Å². The molecule has 0 bridgehead atoms. The highest BCUT2D eigenvalue weighted by Crippen LogP contribution is 2.50. The van der Waals surface area contributed by atoms with Crippen molar-refractivity contribution in [1.82, 2.24) is 9.78 Å². The number of hydrogen-bond acceptors (Lipinski definition) is 2. The van der Waals surface area contributed by atoms with Crippen molar-refractivity contribution in [2.75, 3.05) is 0 Å². The van der Waals surface area contributed by atoms with E-state index in [0.717, 1.165) is 0 Å². The molecule has 84 valence electrons. The average molecular weight is 215 g/mol. The number of fused-ring (bicyclic) bond motifs is 1. The Kier molecular flexibility index (Phi) is 1.89. The fourth-order valence-corrected chi connectivity index (χ4v) is 2.60. The van der Waals surface area contributed by atoms with Gasteiger partial charge >= 0.3 is 0 Å². The number of nitrogens with zero attached hydrogens (tertiary/aromatic N) is 2. The molecule has 3 heteroatoms. The molecule has 0 saturated heterocycles. The summed E-state index contributed by atoms with van der Waals surface area (Å²) < 4.78 is 1.93. The molecule has 1 aliphatic rings. The predicted molar refractivity (Wildman–Crippen MR) is 65.3 cm³/mol. The molecule has 1 unspecified atom stereocenters. The molecular weight excluding hydrogens is 198 g/mol. The highest BCUT2D eigenvalue weighted by Gasteiger charge is 2.47. The van der Waals surface area contributed by atoms with E-state index in [9.17, 15) is 0 Å². The van der Waals surface area contributed by atoms with Crippen LogP contribution in [0.5, 0.6) is 0 Å². The Morgan fingerprint density at radius 2 is 2.19 bits per heavy atom. The lowest BCUT2D eigenvalue weighted by Crippen LogP contribution is -2.31. The zero-order valence-electron chi connectivity index (χ0n) is 9.77. The second kappa shape index (κ2) is 3.08. The first-order chi connectivity index (χ1) is 7.63. The summed E-state index contributed by atoms with van der Waals surface area (Å²) in [5.74, 6) is 0. The van der Waals surface area contributed by atoms with E-state index in [1.54, 1.807) is 0 Å². The summed E-state index contributed by atoms with van der Waals surface area (Å²) in [6.45, 7) is 2.11. The number of hydrogen-bond donors (Lipinski definition) is 1. The van der Waals surface area contributed by atoms with Gasteiger partial charge in [-0.3, -0.25) is 4.68 Å². The van der Waals surface area contributed by atoms with Crippen molar-refractivity contribution in [1.29, 1.82) is 0 Å². The van der Waals surface area contributed by atoms with E-state index < -0.39 is 0 Å². The molecule has 1 aliphatic carbocycles. The standard InChI is InChI=1S/C13H17N3/c1-9(14)13(5-6-13)11-4-3-10-8-15-16(2)12(10)7-11/h3-4,7-9H,5-6,14H2,1-2H3. The van der Waals surface area contributed by atoms with Crippen molar-refractivity contribution in [3.63, 3.8) is 0 Å². The molecule has 2 aromatic rings. The van der Waals surface area contributed by atoms with Crippen LogP contribution in [-0.4, -0.2) is 15.8 Å². The van der Waals surface area contributed by atoms with Crippen LogP contribution in [0.15, 0.2) is 24.4 Å². The van der Waals surface area contributed by atoms with Gasteiger partial charge in [-0.05, 0) is 31.4 Å². The van der Waals surface area contributed by atoms with Crippen molar-refractivity contribution in [2.45, 2.75) is 31.2 Å². The molecule has 1 aromatic carbocycles. The molecule has 0 radical (unpaired) electrons. The van der Waals surface area contributed by atoms with Crippen LogP contribution in [0, 0.1) is 0 Å². The first-order valence-electron chi connectivity index (χ1n) is 5.81. The number of aryl methyl sites for hydroxylation is 1. The summed E-state index contributed by atoms with van der Waals surface area (Å²) in [5, 5.41) is 5.47. The lowest BCUT2D eigenvalue weighted by molar-refractivity contribution is 0.557. The Bertz CT molecular complexity index is 535. The van der Waals surface area contributed by atoms with Crippen LogP contribution in [0.4, 0.5) is 0 Å². The summed E-state index contributed by atoms with van der Waals surface area (Å²) in [4.78, 5) is 0. The largest absolute Gasteiger partial charge is 0.327 e. The van der Waals surface area contributed by atoms with Crippen LogP contribution in [0.1, 0.15) is 25.3 Å². The van der Waals surface area contributed by atoms with Gasteiger partial charge in [0.1, 0.15) is 0 Å². The molecule has 0 spiro atoms. The average Bonchev–Trinajstić information content (AvgIpc) is 3.01. The molecule has 1 aromatic heterocycles. The van der Waals surface area contributed by atoms with Gasteiger partial charge in [-0.2, -0.15) is 5.10 Å². The van der Waals surface area contributed by atoms with E-state index in [1.165, 1.54) is 29.3 Å². The number of nitrogens with two attached hydrogens (primary N) is 1. The van der Waals surface area contributed by atoms with Crippen LogP contribution < -0.4 is 5.73 Å². The van der Waals surface area contributed by atoms with E-state index >= 15 is 0 Å². The monoisotopic (exact) mass is 215 g/mol. The Balaban J connectivity index is 2.15. The Morgan fingerprint density at radius 1 is 1.44 bits per heavy atom. The molecule has 1 saturated carbocycles. The second-order valence-electron chi connectivity index (χ2n) is 4.99. The van der Waals surface area contributed by atoms with Crippen molar-refractivity contribution < 1.29 is 0 Å². The molecule has 3 nitrogen and oxygen atoms in total. The van der Waals surface area contributed by atoms with Crippen molar-refractivity contribution in [3.8, 4) is 0 Å². The third-order valence-electron chi connectivity index (χ3n) is 3.98. The quantitative estimate of drug-likeness (QED) is 0.832. The fraction of sp³-hybridized carbons (Fsp3) is 0.462. The lowest BCUT2D eigenvalue weighted by Gasteiger charge is -2.20. The minimum Gasteiger partial charge on any atom is -0.327 e. The van der Waals surface area contributed by atoms with Crippen LogP contribution in [0.2, 0.25) is 0 Å². The third kappa shape index (κ3) is 1.21. The summed E-state index contributed by atoms with van der Waals surface area (Å²) in [7, 11) is 1.98. The maximum absolute atomic E-state index is 6.10. The molecule has 2 N–H and O–H groups in total. The van der Waals surface area contributed by atoms with Gasteiger partial charge in [0.15, 0.2) is 0 Å². The van der Waals surface area contributed by atoms with Crippen molar-refractivity contribution in [2.24, 2.45) is 12.8 Å². The number of benzene rings is 1. The Hall–Kier alpha value is -1.35. The van der Waals surface area contributed by atoms with Gasteiger partial charge < -0.3 is 5.73 Å². The minimum absolute atomic E-state index is 0.234. The number of aromatic nitrogens is 2. The maximum Gasteiger partial charge on any atom is 0.0682 e. The molecule has 0 amide bonds. The van der Waals surface area contributed by atoms with Crippen molar-refractivity contribution in [3.05, 3.63) is 30.0 Å². The molecule has 1 heterocycles. The van der Waals surface area contributed by atoms with Gasteiger partial charge in [0.2, 0.25) is 0 Å². The van der Waals surface area contributed by atoms with Gasteiger partial charge in [-0.1, -0.05) is 12.1 Å².